The lowest BCUT2D eigenvalue weighted by molar-refractivity contribution is 0.587. The molecule has 3 rings (SSSR count). The summed E-state index contributed by atoms with van der Waals surface area (Å²) in [4.78, 5) is 4.74. The lowest BCUT2D eigenvalue weighted by Crippen LogP contribution is -2.18. The van der Waals surface area contributed by atoms with Crippen LogP contribution in [-0.2, 0) is 6.42 Å². The number of para-hydroxylation sites is 1. The van der Waals surface area contributed by atoms with E-state index in [2.05, 4.69) is 46.4 Å². The Morgan fingerprint density at radius 1 is 1.16 bits per heavy atom. The van der Waals surface area contributed by atoms with Crippen molar-refractivity contribution >= 4 is 22.2 Å². The van der Waals surface area contributed by atoms with Gasteiger partial charge in [-0.05, 0) is 41.6 Å². The zero-order valence-electron chi connectivity index (χ0n) is 10.8. The van der Waals surface area contributed by atoms with E-state index in [1.54, 1.807) is 11.3 Å². The number of nitrogens with one attached hydrogen (secondary N) is 1. The minimum atomic E-state index is 0.333. The molecule has 0 saturated heterocycles. The fraction of sp³-hybridized carbons (Fsp3) is 0.188. The molecular formula is C16H16N2S. The number of hydrogen-bond donors (Lipinski definition) is 1. The van der Waals surface area contributed by atoms with Crippen LogP contribution in [-0.4, -0.2) is 12.0 Å². The van der Waals surface area contributed by atoms with Crippen LogP contribution in [0.5, 0.6) is 0 Å². The Morgan fingerprint density at radius 2 is 2.05 bits per heavy atom. The van der Waals surface area contributed by atoms with E-state index in [4.69, 9.17) is 4.98 Å². The fourth-order valence-corrected chi connectivity index (χ4v) is 3.01. The minimum absolute atomic E-state index is 0.333. The summed E-state index contributed by atoms with van der Waals surface area (Å²) >= 11 is 1.74. The molecule has 0 radical (unpaired) electrons. The predicted molar refractivity (Wildman–Crippen MR) is 81.6 cm³/mol. The second-order valence-electron chi connectivity index (χ2n) is 4.60. The number of likely N-dealkylation sites (N-methyl/N-ethyl adjacent to an activating group) is 1. The third-order valence-corrected chi connectivity index (χ3v) is 4.06. The van der Waals surface area contributed by atoms with Gasteiger partial charge in [0.1, 0.15) is 0 Å². The summed E-state index contributed by atoms with van der Waals surface area (Å²) < 4.78 is 0. The summed E-state index contributed by atoms with van der Waals surface area (Å²) in [5, 5.41) is 8.88. The van der Waals surface area contributed by atoms with E-state index in [0.717, 1.165) is 17.6 Å². The molecule has 1 N–H and O–H groups in total. The molecule has 2 heterocycles. The third-order valence-electron chi connectivity index (χ3n) is 3.36. The van der Waals surface area contributed by atoms with Gasteiger partial charge in [0.05, 0.1) is 5.52 Å². The predicted octanol–water partition coefficient (Wildman–Crippen LogP) is 3.80. The van der Waals surface area contributed by atoms with Crippen molar-refractivity contribution < 1.29 is 0 Å². The average Bonchev–Trinajstić information content (AvgIpc) is 2.98. The quantitative estimate of drug-likeness (QED) is 0.778. The molecule has 2 aromatic heterocycles. The highest BCUT2D eigenvalue weighted by Gasteiger charge is 2.11. The van der Waals surface area contributed by atoms with Crippen LogP contribution in [0.15, 0.2) is 53.2 Å². The van der Waals surface area contributed by atoms with Gasteiger partial charge in [-0.1, -0.05) is 24.3 Å². The third kappa shape index (κ3) is 2.67. The molecule has 1 aromatic carbocycles. The van der Waals surface area contributed by atoms with Crippen LogP contribution >= 0.6 is 11.3 Å². The Hall–Kier alpha value is -1.71. The molecule has 0 amide bonds. The maximum absolute atomic E-state index is 4.74. The lowest BCUT2D eigenvalue weighted by atomic mass is 10.0. The number of nitrogens with zero attached hydrogens (tertiary/aromatic N) is 1. The molecule has 0 spiro atoms. The highest BCUT2D eigenvalue weighted by Crippen LogP contribution is 2.21. The van der Waals surface area contributed by atoms with Gasteiger partial charge in [0, 0.05) is 23.5 Å². The monoisotopic (exact) mass is 268 g/mol. The normalized spacial score (nSPS) is 12.7. The van der Waals surface area contributed by atoms with Gasteiger partial charge in [0.15, 0.2) is 0 Å². The maximum Gasteiger partial charge on any atom is 0.0705 e. The average molecular weight is 268 g/mol. The number of pyridine rings is 1. The summed E-state index contributed by atoms with van der Waals surface area (Å²) in [5.74, 6) is 0. The smallest absolute Gasteiger partial charge is 0.0705 e. The molecule has 0 bridgehead atoms. The fourth-order valence-electron chi connectivity index (χ4n) is 2.29. The van der Waals surface area contributed by atoms with Gasteiger partial charge >= 0.3 is 0 Å². The van der Waals surface area contributed by atoms with E-state index in [1.807, 2.05) is 19.2 Å². The molecule has 0 fully saturated rings. The van der Waals surface area contributed by atoms with E-state index in [9.17, 15) is 0 Å². The number of benzene rings is 1. The second-order valence-corrected chi connectivity index (χ2v) is 5.38. The molecular weight excluding hydrogens is 252 g/mol. The Balaban J connectivity index is 1.88. The molecule has 0 aliphatic heterocycles. The first-order chi connectivity index (χ1) is 9.36. The second kappa shape index (κ2) is 5.51. The van der Waals surface area contributed by atoms with E-state index < -0.39 is 0 Å². The molecule has 1 unspecified atom stereocenters. The SMILES string of the molecule is CNC(Cc1ccc2ccccc2n1)c1ccsc1. The van der Waals surface area contributed by atoms with Gasteiger partial charge in [0.25, 0.3) is 0 Å². The number of fused-ring (bicyclic) bond motifs is 1. The van der Waals surface area contributed by atoms with Gasteiger partial charge < -0.3 is 5.32 Å². The van der Waals surface area contributed by atoms with E-state index in [1.165, 1.54) is 10.9 Å². The van der Waals surface area contributed by atoms with Crippen LogP contribution in [0, 0.1) is 0 Å². The number of thiophene rings is 1. The van der Waals surface area contributed by atoms with Crippen molar-refractivity contribution in [2.45, 2.75) is 12.5 Å². The zero-order valence-corrected chi connectivity index (χ0v) is 11.7. The summed E-state index contributed by atoms with van der Waals surface area (Å²) in [6.45, 7) is 0. The van der Waals surface area contributed by atoms with Gasteiger partial charge in [-0.25, -0.2) is 0 Å². The number of hydrogen-bond acceptors (Lipinski definition) is 3. The minimum Gasteiger partial charge on any atom is -0.313 e. The van der Waals surface area contributed by atoms with Crippen LogP contribution in [0.3, 0.4) is 0 Å². The first-order valence-corrected chi connectivity index (χ1v) is 7.35. The molecule has 2 nitrogen and oxygen atoms in total. The molecule has 0 saturated carbocycles. The standard InChI is InChI=1S/C16H16N2S/c1-17-16(13-8-9-19-11-13)10-14-7-6-12-4-2-3-5-15(12)18-14/h2-9,11,16-17H,10H2,1H3. The Labute approximate surface area is 117 Å². The number of aromatic nitrogens is 1. The van der Waals surface area contributed by atoms with Crippen LogP contribution < -0.4 is 5.32 Å². The molecule has 0 aliphatic carbocycles. The topological polar surface area (TPSA) is 24.9 Å². The maximum atomic E-state index is 4.74. The Bertz CT molecular complexity index is 661. The zero-order chi connectivity index (χ0) is 13.1. The van der Waals surface area contributed by atoms with Gasteiger partial charge in [0.2, 0.25) is 0 Å². The Kier molecular flexibility index (Phi) is 3.58. The van der Waals surface area contributed by atoms with Crippen molar-refractivity contribution in [1.29, 1.82) is 0 Å². The van der Waals surface area contributed by atoms with Crippen molar-refractivity contribution in [3.05, 3.63) is 64.5 Å². The van der Waals surface area contributed by atoms with Gasteiger partial charge in [-0.2, -0.15) is 11.3 Å². The largest absolute Gasteiger partial charge is 0.313 e. The molecule has 3 aromatic rings. The van der Waals surface area contributed by atoms with Crippen LogP contribution in [0.25, 0.3) is 10.9 Å². The lowest BCUT2D eigenvalue weighted by Gasteiger charge is -2.14. The van der Waals surface area contributed by atoms with Crippen molar-refractivity contribution in [3.63, 3.8) is 0 Å². The van der Waals surface area contributed by atoms with Crippen LogP contribution in [0.2, 0.25) is 0 Å². The first-order valence-electron chi connectivity index (χ1n) is 6.41. The molecule has 1 atom stereocenters. The molecule has 96 valence electrons. The summed E-state index contributed by atoms with van der Waals surface area (Å²) in [6, 6.07) is 15.0. The van der Waals surface area contributed by atoms with E-state index in [-0.39, 0.29) is 0 Å². The first kappa shape index (κ1) is 12.3. The summed E-state index contributed by atoms with van der Waals surface area (Å²) in [7, 11) is 2.00. The van der Waals surface area contributed by atoms with E-state index in [0.29, 0.717) is 6.04 Å². The van der Waals surface area contributed by atoms with Gasteiger partial charge in [-0.15, -0.1) is 0 Å². The molecule has 0 aliphatic rings. The highest BCUT2D eigenvalue weighted by atomic mass is 32.1. The Morgan fingerprint density at radius 3 is 2.84 bits per heavy atom. The van der Waals surface area contributed by atoms with Crippen molar-refractivity contribution in [3.8, 4) is 0 Å². The van der Waals surface area contributed by atoms with Crippen molar-refractivity contribution in [2.75, 3.05) is 7.05 Å². The van der Waals surface area contributed by atoms with Crippen LogP contribution in [0.1, 0.15) is 17.3 Å². The van der Waals surface area contributed by atoms with E-state index >= 15 is 0 Å². The molecule has 19 heavy (non-hydrogen) atoms. The van der Waals surface area contributed by atoms with Crippen molar-refractivity contribution in [1.82, 2.24) is 10.3 Å². The summed E-state index contributed by atoms with van der Waals surface area (Å²) in [6.07, 6.45) is 0.915. The summed E-state index contributed by atoms with van der Waals surface area (Å²) in [5.41, 5.74) is 3.53. The van der Waals surface area contributed by atoms with Gasteiger partial charge in [-0.3, -0.25) is 4.98 Å². The van der Waals surface area contributed by atoms with Crippen molar-refractivity contribution in [2.24, 2.45) is 0 Å². The molecule has 3 heteroatoms. The van der Waals surface area contributed by atoms with Crippen LogP contribution in [0.4, 0.5) is 0 Å². The highest BCUT2D eigenvalue weighted by molar-refractivity contribution is 7.07. The number of rotatable bonds is 4.